The number of amides is 4. The molecule has 7 nitrogen and oxygen atoms in total. The monoisotopic (exact) mass is 271 g/mol. The number of aliphatic hydroxyl groups is 1. The van der Waals surface area contributed by atoms with Crippen molar-refractivity contribution >= 4 is 17.8 Å². The summed E-state index contributed by atoms with van der Waals surface area (Å²) >= 11 is 0. The largest absolute Gasteiger partial charge is 0.395 e. The summed E-state index contributed by atoms with van der Waals surface area (Å²) < 4.78 is 0. The van der Waals surface area contributed by atoms with Crippen LogP contribution in [0.5, 0.6) is 0 Å². The number of hydrogen-bond acceptors (Lipinski definition) is 4. The quantitative estimate of drug-likeness (QED) is 0.614. The highest BCUT2D eigenvalue weighted by molar-refractivity contribution is 6.04. The molecule has 0 saturated carbocycles. The van der Waals surface area contributed by atoms with Crippen molar-refractivity contribution in [2.75, 3.05) is 26.2 Å². The van der Waals surface area contributed by atoms with Crippen LogP contribution < -0.4 is 5.32 Å². The Labute approximate surface area is 112 Å². The van der Waals surface area contributed by atoms with Crippen LogP contribution in [0.1, 0.15) is 26.7 Å². The number of urea groups is 1. The molecule has 0 aromatic rings. The van der Waals surface area contributed by atoms with Crippen molar-refractivity contribution < 1.29 is 19.5 Å². The first kappa shape index (κ1) is 15.4. The zero-order valence-corrected chi connectivity index (χ0v) is 11.4. The highest BCUT2D eigenvalue weighted by Crippen LogP contribution is 2.10. The third-order valence-electron chi connectivity index (χ3n) is 3.27. The van der Waals surface area contributed by atoms with E-state index in [4.69, 9.17) is 5.11 Å². The Hall–Kier alpha value is -1.63. The molecular weight excluding hydrogens is 250 g/mol. The molecule has 1 fully saturated rings. The number of imide groups is 1. The van der Waals surface area contributed by atoms with Crippen LogP contribution in [0.2, 0.25) is 0 Å². The van der Waals surface area contributed by atoms with Gasteiger partial charge in [-0.15, -0.1) is 0 Å². The summed E-state index contributed by atoms with van der Waals surface area (Å²) in [4.78, 5) is 37.4. The van der Waals surface area contributed by atoms with E-state index in [0.29, 0.717) is 0 Å². The predicted octanol–water partition coefficient (Wildman–Crippen LogP) is -0.452. The molecule has 1 rings (SSSR count). The Morgan fingerprint density at radius 1 is 1.42 bits per heavy atom. The van der Waals surface area contributed by atoms with Crippen LogP contribution in [0.25, 0.3) is 0 Å². The average Bonchev–Trinajstić information content (AvgIpc) is 2.70. The minimum atomic E-state index is -0.535. The van der Waals surface area contributed by atoms with Crippen molar-refractivity contribution in [3.63, 3.8) is 0 Å². The first-order chi connectivity index (χ1) is 9.04. The third kappa shape index (κ3) is 3.66. The molecule has 0 unspecified atom stereocenters. The fourth-order valence-electron chi connectivity index (χ4n) is 2.19. The summed E-state index contributed by atoms with van der Waals surface area (Å²) in [5.74, 6) is -0.708. The molecule has 4 amide bonds. The van der Waals surface area contributed by atoms with Gasteiger partial charge in [-0.25, -0.2) is 4.79 Å². The molecule has 1 aliphatic rings. The fraction of sp³-hybridized carbons (Fsp3) is 0.750. The smallest absolute Gasteiger partial charge is 0.325 e. The van der Waals surface area contributed by atoms with Crippen LogP contribution in [0.15, 0.2) is 0 Å². The van der Waals surface area contributed by atoms with Gasteiger partial charge >= 0.3 is 6.03 Å². The highest BCUT2D eigenvalue weighted by atomic mass is 16.3. The summed E-state index contributed by atoms with van der Waals surface area (Å²) in [6, 6.07) is -0.521. The lowest BCUT2D eigenvalue weighted by molar-refractivity contribution is -0.138. The fourth-order valence-corrected chi connectivity index (χ4v) is 2.19. The zero-order valence-electron chi connectivity index (χ0n) is 11.4. The molecule has 2 N–H and O–H groups in total. The minimum absolute atomic E-state index is 0.0143. The number of hydrogen-bond donors (Lipinski definition) is 2. The van der Waals surface area contributed by atoms with Gasteiger partial charge in [0.15, 0.2) is 0 Å². The van der Waals surface area contributed by atoms with Gasteiger partial charge in [-0.2, -0.15) is 0 Å². The van der Waals surface area contributed by atoms with E-state index in [2.05, 4.69) is 5.32 Å². The van der Waals surface area contributed by atoms with E-state index >= 15 is 0 Å². The first-order valence-electron chi connectivity index (χ1n) is 6.53. The summed E-state index contributed by atoms with van der Waals surface area (Å²) in [7, 11) is 0. The van der Waals surface area contributed by atoms with E-state index in [-0.39, 0.29) is 38.2 Å². The van der Waals surface area contributed by atoms with E-state index in [9.17, 15) is 14.4 Å². The Balaban J connectivity index is 2.71. The Kier molecular flexibility index (Phi) is 5.75. The van der Waals surface area contributed by atoms with Crippen molar-refractivity contribution in [2.45, 2.75) is 32.7 Å². The number of nitrogens with zero attached hydrogens (tertiary/aromatic N) is 2. The number of rotatable bonds is 7. The topological polar surface area (TPSA) is 89.9 Å². The van der Waals surface area contributed by atoms with Crippen LogP contribution in [0.3, 0.4) is 0 Å². The predicted molar refractivity (Wildman–Crippen MR) is 68.3 cm³/mol. The van der Waals surface area contributed by atoms with Crippen LogP contribution in [-0.2, 0) is 9.59 Å². The number of carbonyl (C=O) groups is 3. The molecule has 0 aliphatic carbocycles. The average molecular weight is 271 g/mol. The molecule has 0 bridgehead atoms. The lowest BCUT2D eigenvalue weighted by Crippen LogP contribution is -2.48. The van der Waals surface area contributed by atoms with Crippen molar-refractivity contribution in [3.05, 3.63) is 0 Å². The van der Waals surface area contributed by atoms with Crippen molar-refractivity contribution in [3.8, 4) is 0 Å². The van der Waals surface area contributed by atoms with Crippen LogP contribution >= 0.6 is 0 Å². The lowest BCUT2D eigenvalue weighted by Gasteiger charge is -2.31. The second-order valence-electron chi connectivity index (χ2n) is 4.42. The molecule has 0 aromatic carbocycles. The zero-order chi connectivity index (χ0) is 14.4. The summed E-state index contributed by atoms with van der Waals surface area (Å²) in [5.41, 5.74) is 0. The third-order valence-corrected chi connectivity index (χ3v) is 3.27. The lowest BCUT2D eigenvalue weighted by atomic mass is 10.1. The van der Waals surface area contributed by atoms with E-state index < -0.39 is 11.9 Å². The van der Waals surface area contributed by atoms with E-state index in [1.165, 1.54) is 0 Å². The summed E-state index contributed by atoms with van der Waals surface area (Å²) in [6.45, 7) is 3.68. The van der Waals surface area contributed by atoms with Gasteiger partial charge in [0.05, 0.1) is 13.2 Å². The van der Waals surface area contributed by atoms with Crippen LogP contribution in [0, 0.1) is 0 Å². The second kappa shape index (κ2) is 7.08. The van der Waals surface area contributed by atoms with Crippen LogP contribution in [-0.4, -0.2) is 65.0 Å². The van der Waals surface area contributed by atoms with Gasteiger partial charge in [0.1, 0.15) is 6.54 Å². The van der Waals surface area contributed by atoms with Gasteiger partial charge in [0.25, 0.3) is 5.91 Å². The van der Waals surface area contributed by atoms with E-state index in [1.807, 2.05) is 13.8 Å². The molecule has 0 atom stereocenters. The number of nitrogens with one attached hydrogen (secondary N) is 1. The normalized spacial score (nSPS) is 15.1. The van der Waals surface area contributed by atoms with Crippen molar-refractivity contribution in [1.29, 1.82) is 0 Å². The Bertz CT molecular complexity index is 339. The molecule has 19 heavy (non-hydrogen) atoms. The van der Waals surface area contributed by atoms with Gasteiger partial charge in [-0.1, -0.05) is 13.8 Å². The molecule has 108 valence electrons. The SMILES string of the molecule is CCC(CC)N(CCO)C(=O)CN1C(=O)CNC1=O. The maximum absolute atomic E-state index is 12.2. The molecule has 1 saturated heterocycles. The minimum Gasteiger partial charge on any atom is -0.395 e. The summed E-state index contributed by atoms with van der Waals surface area (Å²) in [6.07, 6.45) is 1.53. The maximum Gasteiger partial charge on any atom is 0.325 e. The number of aliphatic hydroxyl groups excluding tert-OH is 1. The second-order valence-corrected chi connectivity index (χ2v) is 4.42. The van der Waals surface area contributed by atoms with Gasteiger partial charge in [0.2, 0.25) is 5.91 Å². The molecule has 0 spiro atoms. The molecule has 7 heteroatoms. The van der Waals surface area contributed by atoms with Crippen molar-refractivity contribution in [1.82, 2.24) is 15.1 Å². The molecule has 1 aliphatic heterocycles. The van der Waals surface area contributed by atoms with Crippen molar-refractivity contribution in [2.24, 2.45) is 0 Å². The van der Waals surface area contributed by atoms with Gasteiger partial charge < -0.3 is 15.3 Å². The molecule has 1 heterocycles. The molecule has 0 aromatic heterocycles. The van der Waals surface area contributed by atoms with E-state index in [0.717, 1.165) is 17.7 Å². The highest BCUT2D eigenvalue weighted by Gasteiger charge is 2.32. The maximum atomic E-state index is 12.2. The molecular formula is C12H21N3O4. The molecule has 0 radical (unpaired) electrons. The van der Waals surface area contributed by atoms with Gasteiger partial charge in [-0.3, -0.25) is 14.5 Å². The first-order valence-corrected chi connectivity index (χ1v) is 6.53. The summed E-state index contributed by atoms with van der Waals surface area (Å²) in [5, 5.41) is 11.4. The van der Waals surface area contributed by atoms with Gasteiger partial charge in [-0.05, 0) is 12.8 Å². The number of carbonyl (C=O) groups excluding carboxylic acids is 3. The van der Waals surface area contributed by atoms with Gasteiger partial charge in [0, 0.05) is 12.6 Å². The standard InChI is InChI=1S/C12H21N3O4/c1-3-9(4-2)14(5-6-16)11(18)8-15-10(17)7-13-12(15)19/h9,16H,3-8H2,1-2H3,(H,13,19). The van der Waals surface area contributed by atoms with E-state index in [1.54, 1.807) is 4.90 Å². The Morgan fingerprint density at radius 2 is 2.05 bits per heavy atom. The Morgan fingerprint density at radius 3 is 2.47 bits per heavy atom. The van der Waals surface area contributed by atoms with Crippen LogP contribution in [0.4, 0.5) is 4.79 Å².